The molecule has 0 bridgehead atoms. The third kappa shape index (κ3) is 2.96. The molecule has 2 rings (SSSR count). The maximum absolute atomic E-state index is 10.7. The first-order valence-corrected chi connectivity index (χ1v) is 7.82. The molecule has 1 aliphatic rings. The molecule has 1 N–H and O–H groups in total. The standard InChI is InChI=1S/C16H19Cl2NO/c1-2-11-5-7-16(10-19,8-6-11)15(20)13-9-12(17)3-4-14(13)18/h3-4,9,11,15,20H,2,5-8H2,1H3. The van der Waals surface area contributed by atoms with Crippen molar-refractivity contribution < 1.29 is 5.11 Å². The lowest BCUT2D eigenvalue weighted by Crippen LogP contribution is -2.32. The van der Waals surface area contributed by atoms with Gasteiger partial charge in [0.25, 0.3) is 0 Å². The number of halogens is 2. The molecule has 1 fully saturated rings. The second kappa shape index (κ2) is 6.35. The summed E-state index contributed by atoms with van der Waals surface area (Å²) in [6.45, 7) is 2.17. The largest absolute Gasteiger partial charge is 0.387 e. The highest BCUT2D eigenvalue weighted by molar-refractivity contribution is 6.33. The van der Waals surface area contributed by atoms with Gasteiger partial charge in [0.15, 0.2) is 0 Å². The number of rotatable bonds is 3. The monoisotopic (exact) mass is 311 g/mol. The van der Waals surface area contributed by atoms with Gasteiger partial charge in [0.1, 0.15) is 0 Å². The molecule has 0 heterocycles. The molecule has 0 spiro atoms. The van der Waals surface area contributed by atoms with Gasteiger partial charge in [-0.2, -0.15) is 5.26 Å². The van der Waals surface area contributed by atoms with Crippen LogP contribution in [0.2, 0.25) is 10.0 Å². The minimum absolute atomic E-state index is 0.467. The zero-order valence-corrected chi connectivity index (χ0v) is 13.1. The molecule has 1 aliphatic carbocycles. The van der Waals surface area contributed by atoms with Crippen molar-refractivity contribution >= 4 is 23.2 Å². The molecular formula is C16H19Cl2NO. The van der Waals surface area contributed by atoms with Gasteiger partial charge in [-0.25, -0.2) is 0 Å². The van der Waals surface area contributed by atoms with Crippen LogP contribution in [0.15, 0.2) is 18.2 Å². The van der Waals surface area contributed by atoms with E-state index in [1.807, 2.05) is 0 Å². The van der Waals surface area contributed by atoms with Crippen molar-refractivity contribution in [1.29, 1.82) is 5.26 Å². The summed E-state index contributed by atoms with van der Waals surface area (Å²) in [5.41, 5.74) is -0.171. The molecule has 108 valence electrons. The van der Waals surface area contributed by atoms with Crippen molar-refractivity contribution in [3.05, 3.63) is 33.8 Å². The van der Waals surface area contributed by atoms with Crippen molar-refractivity contribution in [2.75, 3.05) is 0 Å². The summed E-state index contributed by atoms with van der Waals surface area (Å²) in [6.07, 6.45) is 3.66. The fourth-order valence-electron chi connectivity index (χ4n) is 3.07. The molecule has 0 radical (unpaired) electrons. The smallest absolute Gasteiger partial charge is 0.0991 e. The summed E-state index contributed by atoms with van der Waals surface area (Å²) in [5.74, 6) is 0.665. The van der Waals surface area contributed by atoms with E-state index in [9.17, 15) is 10.4 Å². The summed E-state index contributed by atoms with van der Waals surface area (Å²) < 4.78 is 0. The van der Waals surface area contributed by atoms with E-state index in [1.54, 1.807) is 18.2 Å². The van der Waals surface area contributed by atoms with Gasteiger partial charge in [-0.15, -0.1) is 0 Å². The zero-order valence-electron chi connectivity index (χ0n) is 11.6. The van der Waals surface area contributed by atoms with Crippen LogP contribution in [-0.2, 0) is 0 Å². The molecule has 1 saturated carbocycles. The summed E-state index contributed by atoms with van der Waals surface area (Å²) in [6, 6.07) is 7.38. The van der Waals surface area contributed by atoms with Crippen LogP contribution in [-0.4, -0.2) is 5.11 Å². The average molecular weight is 312 g/mol. The van der Waals surface area contributed by atoms with Crippen LogP contribution in [0.1, 0.15) is 50.7 Å². The number of nitriles is 1. The molecule has 1 unspecified atom stereocenters. The van der Waals surface area contributed by atoms with Crippen LogP contribution >= 0.6 is 23.2 Å². The van der Waals surface area contributed by atoms with Crippen LogP contribution in [0.3, 0.4) is 0 Å². The van der Waals surface area contributed by atoms with E-state index >= 15 is 0 Å². The first-order chi connectivity index (χ1) is 9.52. The third-order valence-electron chi connectivity index (χ3n) is 4.57. The van der Waals surface area contributed by atoms with E-state index in [-0.39, 0.29) is 0 Å². The van der Waals surface area contributed by atoms with Crippen LogP contribution < -0.4 is 0 Å². The Hall–Kier alpha value is -0.750. The first-order valence-electron chi connectivity index (χ1n) is 7.06. The molecule has 20 heavy (non-hydrogen) atoms. The van der Waals surface area contributed by atoms with Gasteiger partial charge in [0.2, 0.25) is 0 Å². The summed E-state index contributed by atoms with van der Waals surface area (Å²) in [5, 5.41) is 21.3. The highest BCUT2D eigenvalue weighted by Crippen LogP contribution is 2.49. The predicted molar refractivity (Wildman–Crippen MR) is 81.7 cm³/mol. The molecule has 0 aromatic heterocycles. The third-order valence-corrected chi connectivity index (χ3v) is 5.15. The summed E-state index contributed by atoms with van der Waals surface area (Å²) in [4.78, 5) is 0. The van der Waals surface area contributed by atoms with E-state index in [1.165, 1.54) is 0 Å². The molecule has 1 aromatic rings. The average Bonchev–Trinajstić information content (AvgIpc) is 2.49. The fourth-order valence-corrected chi connectivity index (χ4v) is 3.47. The lowest BCUT2D eigenvalue weighted by atomic mass is 9.66. The number of aliphatic hydroxyl groups excluding tert-OH is 1. The topological polar surface area (TPSA) is 44.0 Å². The van der Waals surface area contributed by atoms with Crippen LogP contribution in [0.5, 0.6) is 0 Å². The Morgan fingerprint density at radius 2 is 2.05 bits per heavy atom. The van der Waals surface area contributed by atoms with Crippen molar-refractivity contribution in [2.24, 2.45) is 11.3 Å². The molecule has 2 nitrogen and oxygen atoms in total. The van der Waals surface area contributed by atoms with Crippen LogP contribution in [0.25, 0.3) is 0 Å². The second-order valence-electron chi connectivity index (χ2n) is 5.69. The zero-order chi connectivity index (χ0) is 14.8. The molecule has 0 saturated heterocycles. The van der Waals surface area contributed by atoms with Crippen molar-refractivity contribution in [2.45, 2.75) is 45.1 Å². The second-order valence-corrected chi connectivity index (χ2v) is 6.53. The van der Waals surface area contributed by atoms with E-state index in [0.29, 0.717) is 34.4 Å². The Bertz CT molecular complexity index is 516. The molecule has 1 aromatic carbocycles. The van der Waals surface area contributed by atoms with Gasteiger partial charge >= 0.3 is 0 Å². The van der Waals surface area contributed by atoms with E-state index in [0.717, 1.165) is 19.3 Å². The Balaban J connectivity index is 2.28. The van der Waals surface area contributed by atoms with Gasteiger partial charge in [0.05, 0.1) is 17.6 Å². The summed E-state index contributed by atoms with van der Waals surface area (Å²) >= 11 is 12.1. The van der Waals surface area contributed by atoms with E-state index in [4.69, 9.17) is 23.2 Å². The summed E-state index contributed by atoms with van der Waals surface area (Å²) in [7, 11) is 0. The number of nitrogens with zero attached hydrogens (tertiary/aromatic N) is 1. The quantitative estimate of drug-likeness (QED) is 0.840. The number of hydrogen-bond donors (Lipinski definition) is 1. The minimum Gasteiger partial charge on any atom is -0.387 e. The molecule has 1 atom stereocenters. The van der Waals surface area contributed by atoms with Gasteiger partial charge in [-0.3, -0.25) is 0 Å². The Labute approximate surface area is 130 Å². The van der Waals surface area contributed by atoms with Gasteiger partial charge < -0.3 is 5.11 Å². The number of aliphatic hydroxyl groups is 1. The van der Waals surface area contributed by atoms with Gasteiger partial charge in [-0.05, 0) is 49.8 Å². The normalized spacial score (nSPS) is 27.9. The maximum atomic E-state index is 10.7. The highest BCUT2D eigenvalue weighted by Gasteiger charge is 2.42. The van der Waals surface area contributed by atoms with Gasteiger partial charge in [0, 0.05) is 15.6 Å². The minimum atomic E-state index is -0.878. The van der Waals surface area contributed by atoms with Crippen molar-refractivity contribution in [1.82, 2.24) is 0 Å². The molecule has 4 heteroatoms. The fraction of sp³-hybridized carbons (Fsp3) is 0.562. The molecule has 0 amide bonds. The van der Waals surface area contributed by atoms with Gasteiger partial charge in [-0.1, -0.05) is 36.5 Å². The van der Waals surface area contributed by atoms with Crippen molar-refractivity contribution in [3.63, 3.8) is 0 Å². The van der Waals surface area contributed by atoms with Crippen molar-refractivity contribution in [3.8, 4) is 6.07 Å². The Morgan fingerprint density at radius 1 is 1.40 bits per heavy atom. The van der Waals surface area contributed by atoms with E-state index in [2.05, 4.69) is 13.0 Å². The van der Waals surface area contributed by atoms with E-state index < -0.39 is 11.5 Å². The maximum Gasteiger partial charge on any atom is 0.0991 e. The Kier molecular flexibility index (Phi) is 4.96. The van der Waals surface area contributed by atoms with Crippen LogP contribution in [0.4, 0.5) is 0 Å². The predicted octanol–water partition coefficient (Wildman–Crippen LogP) is 5.14. The first kappa shape index (κ1) is 15.6. The molecule has 0 aliphatic heterocycles. The molecular weight excluding hydrogens is 293 g/mol. The van der Waals surface area contributed by atoms with Crippen LogP contribution in [0, 0.1) is 22.7 Å². The lowest BCUT2D eigenvalue weighted by molar-refractivity contribution is 0.0243. The SMILES string of the molecule is CCC1CCC(C#N)(C(O)c2cc(Cl)ccc2Cl)CC1. The number of hydrogen-bond acceptors (Lipinski definition) is 2. The Morgan fingerprint density at radius 3 is 2.60 bits per heavy atom. The number of benzene rings is 1. The lowest BCUT2D eigenvalue weighted by Gasteiger charge is -2.38. The highest BCUT2D eigenvalue weighted by atomic mass is 35.5.